The van der Waals surface area contributed by atoms with Crippen molar-refractivity contribution in [3.8, 4) is 0 Å². The van der Waals surface area contributed by atoms with E-state index in [1.54, 1.807) is 0 Å². The van der Waals surface area contributed by atoms with Gasteiger partial charge in [0.1, 0.15) is 0 Å². The molecule has 2 unspecified atom stereocenters. The van der Waals surface area contributed by atoms with Crippen LogP contribution < -0.4 is 5.32 Å². The number of piperidine rings is 1. The molecule has 3 nitrogen and oxygen atoms in total. The molecule has 1 fully saturated rings. The zero-order valence-corrected chi connectivity index (χ0v) is 12.6. The van der Waals surface area contributed by atoms with Crippen LogP contribution in [0.2, 0.25) is 0 Å². The predicted octanol–water partition coefficient (Wildman–Crippen LogP) is 2.99. The van der Waals surface area contributed by atoms with Crippen molar-refractivity contribution < 1.29 is 4.79 Å². The third-order valence-corrected chi connectivity index (χ3v) is 4.42. The largest absolute Gasteiger partial charge is 0.339 e. The maximum Gasteiger partial charge on any atom is 0.222 e. The molecule has 1 aromatic rings. The monoisotopic (exact) mass is 274 g/mol. The van der Waals surface area contributed by atoms with E-state index in [2.05, 4.69) is 24.4 Å². The van der Waals surface area contributed by atoms with Crippen LogP contribution in [0.4, 0.5) is 0 Å². The minimum atomic E-state index is 0.146. The Morgan fingerprint density at radius 3 is 2.80 bits per heavy atom. The van der Waals surface area contributed by atoms with Crippen LogP contribution in [0.5, 0.6) is 0 Å². The predicted molar refractivity (Wildman–Crippen MR) is 82.5 cm³/mol. The average molecular weight is 274 g/mol. The molecule has 1 amide bonds. The fraction of sp³-hybridized carbons (Fsp3) is 0.588. The summed E-state index contributed by atoms with van der Waals surface area (Å²) >= 11 is 0. The van der Waals surface area contributed by atoms with Crippen LogP contribution in [0, 0.1) is 5.92 Å². The lowest BCUT2D eigenvalue weighted by Gasteiger charge is -2.27. The van der Waals surface area contributed by atoms with E-state index < -0.39 is 0 Å². The molecule has 20 heavy (non-hydrogen) atoms. The van der Waals surface area contributed by atoms with Crippen LogP contribution in [-0.2, 0) is 4.79 Å². The Morgan fingerprint density at radius 2 is 2.15 bits per heavy atom. The van der Waals surface area contributed by atoms with Crippen molar-refractivity contribution in [3.63, 3.8) is 0 Å². The standard InChI is InChI=1S/C17H26N2O/c1-14(16-8-4-3-5-9-16)19(2)17(20)11-10-15-7-6-12-18-13-15/h3-5,8-9,14-15,18H,6-7,10-13H2,1-2H3. The number of rotatable bonds is 5. The summed E-state index contributed by atoms with van der Waals surface area (Å²) in [6.07, 6.45) is 4.19. The van der Waals surface area contributed by atoms with Crippen LogP contribution in [0.25, 0.3) is 0 Å². The summed E-state index contributed by atoms with van der Waals surface area (Å²) in [5.74, 6) is 0.931. The SMILES string of the molecule is CC(c1ccccc1)N(C)C(=O)CCC1CCCNC1. The van der Waals surface area contributed by atoms with Gasteiger partial charge in [-0.05, 0) is 50.8 Å². The second-order valence-electron chi connectivity index (χ2n) is 5.84. The third-order valence-electron chi connectivity index (χ3n) is 4.42. The molecular formula is C17H26N2O. The molecule has 110 valence electrons. The molecule has 2 rings (SSSR count). The molecule has 0 bridgehead atoms. The molecule has 1 aliphatic heterocycles. The summed E-state index contributed by atoms with van der Waals surface area (Å²) in [6, 6.07) is 10.4. The molecule has 0 aliphatic carbocycles. The van der Waals surface area contributed by atoms with Gasteiger partial charge in [-0.15, -0.1) is 0 Å². The number of amides is 1. The smallest absolute Gasteiger partial charge is 0.222 e. The van der Waals surface area contributed by atoms with Crippen LogP contribution in [0.15, 0.2) is 30.3 Å². The Labute approximate surface area is 122 Å². The van der Waals surface area contributed by atoms with Crippen molar-refractivity contribution in [3.05, 3.63) is 35.9 Å². The molecule has 0 radical (unpaired) electrons. The highest BCUT2D eigenvalue weighted by molar-refractivity contribution is 5.76. The Morgan fingerprint density at radius 1 is 1.40 bits per heavy atom. The van der Waals surface area contributed by atoms with E-state index >= 15 is 0 Å². The maximum atomic E-state index is 12.3. The van der Waals surface area contributed by atoms with Crippen LogP contribution in [0.1, 0.15) is 44.2 Å². The molecule has 0 saturated carbocycles. The first-order valence-corrected chi connectivity index (χ1v) is 7.70. The lowest BCUT2D eigenvalue weighted by atomic mass is 9.94. The highest BCUT2D eigenvalue weighted by atomic mass is 16.2. The molecule has 1 N–H and O–H groups in total. The van der Waals surface area contributed by atoms with Gasteiger partial charge in [-0.3, -0.25) is 4.79 Å². The molecule has 1 saturated heterocycles. The van der Waals surface area contributed by atoms with Gasteiger partial charge in [0, 0.05) is 13.5 Å². The van der Waals surface area contributed by atoms with Gasteiger partial charge in [-0.1, -0.05) is 30.3 Å². The number of carbonyl (C=O) groups excluding carboxylic acids is 1. The molecular weight excluding hydrogens is 248 g/mol. The Hall–Kier alpha value is -1.35. The van der Waals surface area contributed by atoms with E-state index in [1.165, 1.54) is 18.4 Å². The van der Waals surface area contributed by atoms with E-state index in [0.717, 1.165) is 19.5 Å². The normalized spacial score (nSPS) is 20.4. The second kappa shape index (κ2) is 7.44. The minimum absolute atomic E-state index is 0.146. The Kier molecular flexibility index (Phi) is 5.60. The van der Waals surface area contributed by atoms with Gasteiger partial charge in [-0.25, -0.2) is 0 Å². The number of benzene rings is 1. The lowest BCUT2D eigenvalue weighted by molar-refractivity contribution is -0.132. The molecule has 1 aromatic carbocycles. The number of carbonyl (C=O) groups is 1. The van der Waals surface area contributed by atoms with E-state index in [1.807, 2.05) is 30.1 Å². The Balaban J connectivity index is 1.82. The molecule has 0 aromatic heterocycles. The lowest BCUT2D eigenvalue weighted by Crippen LogP contribution is -2.32. The summed E-state index contributed by atoms with van der Waals surface area (Å²) in [6.45, 7) is 4.30. The van der Waals surface area contributed by atoms with Gasteiger partial charge < -0.3 is 10.2 Å². The summed E-state index contributed by atoms with van der Waals surface area (Å²) in [5, 5.41) is 3.41. The maximum absolute atomic E-state index is 12.3. The van der Waals surface area contributed by atoms with Gasteiger partial charge >= 0.3 is 0 Å². The van der Waals surface area contributed by atoms with Gasteiger partial charge in [0.25, 0.3) is 0 Å². The topological polar surface area (TPSA) is 32.3 Å². The molecule has 3 heteroatoms. The van der Waals surface area contributed by atoms with Gasteiger partial charge in [0.05, 0.1) is 6.04 Å². The third kappa shape index (κ3) is 4.07. The highest BCUT2D eigenvalue weighted by Gasteiger charge is 2.19. The van der Waals surface area contributed by atoms with Gasteiger partial charge in [-0.2, -0.15) is 0 Å². The zero-order valence-electron chi connectivity index (χ0n) is 12.6. The molecule has 0 spiro atoms. The second-order valence-corrected chi connectivity index (χ2v) is 5.84. The van der Waals surface area contributed by atoms with Gasteiger partial charge in [0.15, 0.2) is 0 Å². The van der Waals surface area contributed by atoms with E-state index in [9.17, 15) is 4.79 Å². The van der Waals surface area contributed by atoms with Crippen LogP contribution >= 0.6 is 0 Å². The van der Waals surface area contributed by atoms with Crippen LogP contribution in [0.3, 0.4) is 0 Å². The van der Waals surface area contributed by atoms with Gasteiger partial charge in [0.2, 0.25) is 5.91 Å². The van der Waals surface area contributed by atoms with Crippen molar-refractivity contribution in [1.29, 1.82) is 0 Å². The first kappa shape index (κ1) is 15.0. The number of nitrogens with one attached hydrogen (secondary N) is 1. The Bertz CT molecular complexity index is 412. The number of nitrogens with zero attached hydrogens (tertiary/aromatic N) is 1. The summed E-state index contributed by atoms with van der Waals surface area (Å²) in [4.78, 5) is 14.2. The average Bonchev–Trinajstić information content (AvgIpc) is 2.53. The van der Waals surface area contributed by atoms with Crippen molar-refractivity contribution >= 4 is 5.91 Å². The number of hydrogen-bond acceptors (Lipinski definition) is 2. The molecule has 1 heterocycles. The quantitative estimate of drug-likeness (QED) is 0.895. The van der Waals surface area contributed by atoms with Crippen molar-refractivity contribution in [2.45, 2.75) is 38.6 Å². The number of hydrogen-bond donors (Lipinski definition) is 1. The summed E-state index contributed by atoms with van der Waals surface area (Å²) in [5.41, 5.74) is 1.20. The summed E-state index contributed by atoms with van der Waals surface area (Å²) in [7, 11) is 1.92. The first-order chi connectivity index (χ1) is 9.68. The molecule has 1 aliphatic rings. The van der Waals surface area contributed by atoms with E-state index in [4.69, 9.17) is 0 Å². The van der Waals surface area contributed by atoms with Crippen molar-refractivity contribution in [2.75, 3.05) is 20.1 Å². The van der Waals surface area contributed by atoms with Crippen molar-refractivity contribution in [2.24, 2.45) is 5.92 Å². The molecule has 2 atom stereocenters. The minimum Gasteiger partial charge on any atom is -0.339 e. The summed E-state index contributed by atoms with van der Waals surface area (Å²) < 4.78 is 0. The van der Waals surface area contributed by atoms with Crippen LogP contribution in [-0.4, -0.2) is 30.9 Å². The fourth-order valence-corrected chi connectivity index (χ4v) is 2.85. The highest BCUT2D eigenvalue weighted by Crippen LogP contribution is 2.21. The van der Waals surface area contributed by atoms with E-state index in [0.29, 0.717) is 12.3 Å². The van der Waals surface area contributed by atoms with Crippen molar-refractivity contribution in [1.82, 2.24) is 10.2 Å². The van der Waals surface area contributed by atoms with E-state index in [-0.39, 0.29) is 11.9 Å². The zero-order chi connectivity index (χ0) is 14.4. The fourth-order valence-electron chi connectivity index (χ4n) is 2.85. The first-order valence-electron chi connectivity index (χ1n) is 7.70.